The van der Waals surface area contributed by atoms with E-state index in [9.17, 15) is 4.79 Å². The molecule has 0 spiro atoms. The molecule has 1 amide bonds. The lowest BCUT2D eigenvalue weighted by Gasteiger charge is -2.37. The van der Waals surface area contributed by atoms with E-state index in [0.29, 0.717) is 5.92 Å². The molecule has 2 aliphatic rings. The lowest BCUT2D eigenvalue weighted by Crippen LogP contribution is -2.48. The van der Waals surface area contributed by atoms with Gasteiger partial charge < -0.3 is 15.6 Å². The molecule has 1 aromatic heterocycles. The van der Waals surface area contributed by atoms with Crippen molar-refractivity contribution in [1.29, 1.82) is 0 Å². The van der Waals surface area contributed by atoms with Gasteiger partial charge in [-0.3, -0.25) is 4.79 Å². The van der Waals surface area contributed by atoms with E-state index >= 15 is 0 Å². The maximum absolute atomic E-state index is 12.8. The van der Waals surface area contributed by atoms with Crippen LogP contribution >= 0.6 is 12.4 Å². The van der Waals surface area contributed by atoms with Gasteiger partial charge in [0, 0.05) is 30.2 Å². The number of rotatable bonds is 4. The fraction of sp³-hybridized carbons (Fsp3) is 0.526. The Morgan fingerprint density at radius 3 is 3.08 bits per heavy atom. The molecular weight excluding hydrogens is 322 g/mol. The highest BCUT2D eigenvalue weighted by molar-refractivity contribution is 5.85. The molecule has 2 aromatic rings. The van der Waals surface area contributed by atoms with Crippen LogP contribution < -0.4 is 10.6 Å². The first kappa shape index (κ1) is 17.3. The summed E-state index contributed by atoms with van der Waals surface area (Å²) in [5, 5.41) is 7.94. The van der Waals surface area contributed by atoms with Crippen molar-refractivity contribution in [2.45, 2.75) is 32.1 Å². The highest BCUT2D eigenvalue weighted by atomic mass is 35.5. The zero-order valence-corrected chi connectivity index (χ0v) is 14.8. The molecule has 5 heteroatoms. The zero-order chi connectivity index (χ0) is 15.7. The van der Waals surface area contributed by atoms with Crippen molar-refractivity contribution in [3.05, 3.63) is 36.0 Å². The summed E-state index contributed by atoms with van der Waals surface area (Å²) in [6.45, 7) is 2.58. The molecule has 0 radical (unpaired) electrons. The van der Waals surface area contributed by atoms with E-state index in [0.717, 1.165) is 32.5 Å². The maximum atomic E-state index is 12.8. The summed E-state index contributed by atoms with van der Waals surface area (Å²) in [4.78, 5) is 16.1. The number of para-hydroxylation sites is 1. The lowest BCUT2D eigenvalue weighted by molar-refractivity contribution is -0.133. The fourth-order valence-electron chi connectivity index (χ4n) is 4.52. The highest BCUT2D eigenvalue weighted by Gasteiger charge is 2.49. The van der Waals surface area contributed by atoms with Crippen molar-refractivity contribution < 1.29 is 4.79 Å². The molecule has 1 saturated heterocycles. The molecule has 130 valence electrons. The largest absolute Gasteiger partial charge is 0.361 e. The first-order valence-corrected chi connectivity index (χ1v) is 8.84. The SMILES string of the molecule is Cl.O=C(NCCc1c[nH]c2ccccc12)[C@@]12CCCC[C@H]1CNC2. The normalized spacial score (nSPS) is 25.9. The quantitative estimate of drug-likeness (QED) is 0.796. The average molecular weight is 348 g/mol. The number of hydrogen-bond acceptors (Lipinski definition) is 2. The van der Waals surface area contributed by atoms with Crippen molar-refractivity contribution in [1.82, 2.24) is 15.6 Å². The van der Waals surface area contributed by atoms with Gasteiger partial charge in [0.1, 0.15) is 0 Å². The Kier molecular flexibility index (Phi) is 5.16. The monoisotopic (exact) mass is 347 g/mol. The third kappa shape index (κ3) is 2.93. The molecule has 2 heterocycles. The predicted octanol–water partition coefficient (Wildman–Crippen LogP) is 3.03. The van der Waals surface area contributed by atoms with Crippen LogP contribution in [0.4, 0.5) is 0 Å². The Hall–Kier alpha value is -1.52. The van der Waals surface area contributed by atoms with E-state index < -0.39 is 0 Å². The van der Waals surface area contributed by atoms with Gasteiger partial charge >= 0.3 is 0 Å². The van der Waals surface area contributed by atoms with Gasteiger partial charge in [-0.15, -0.1) is 12.4 Å². The van der Waals surface area contributed by atoms with Crippen LogP contribution in [-0.4, -0.2) is 30.5 Å². The minimum atomic E-state index is -0.140. The van der Waals surface area contributed by atoms with E-state index in [-0.39, 0.29) is 23.7 Å². The summed E-state index contributed by atoms with van der Waals surface area (Å²) >= 11 is 0. The van der Waals surface area contributed by atoms with Crippen LogP contribution in [0.2, 0.25) is 0 Å². The fourth-order valence-corrected chi connectivity index (χ4v) is 4.52. The van der Waals surface area contributed by atoms with Gasteiger partial charge in [-0.1, -0.05) is 31.0 Å². The summed E-state index contributed by atoms with van der Waals surface area (Å²) in [5.41, 5.74) is 2.31. The van der Waals surface area contributed by atoms with Crippen LogP contribution in [0.15, 0.2) is 30.5 Å². The van der Waals surface area contributed by atoms with Gasteiger partial charge in [0.25, 0.3) is 0 Å². The van der Waals surface area contributed by atoms with Gasteiger partial charge in [0.2, 0.25) is 5.91 Å². The number of hydrogen-bond donors (Lipinski definition) is 3. The van der Waals surface area contributed by atoms with Crippen molar-refractivity contribution in [3.63, 3.8) is 0 Å². The summed E-state index contributed by atoms with van der Waals surface area (Å²) < 4.78 is 0. The Morgan fingerprint density at radius 1 is 1.29 bits per heavy atom. The van der Waals surface area contributed by atoms with Crippen molar-refractivity contribution in [2.24, 2.45) is 11.3 Å². The standard InChI is InChI=1S/C19H25N3O.ClH/c23-18(19-9-4-3-5-15(19)12-20-13-19)21-10-8-14-11-22-17-7-2-1-6-16(14)17;/h1-2,6-7,11,15,20,22H,3-5,8-10,12-13H2,(H,21,23);1H/t15-,19+;/m0./s1. The predicted molar refractivity (Wildman–Crippen MR) is 99.5 cm³/mol. The van der Waals surface area contributed by atoms with Crippen LogP contribution in [0, 0.1) is 11.3 Å². The minimum absolute atomic E-state index is 0. The van der Waals surface area contributed by atoms with Gasteiger partial charge in [-0.25, -0.2) is 0 Å². The Morgan fingerprint density at radius 2 is 2.17 bits per heavy atom. The molecule has 1 saturated carbocycles. The van der Waals surface area contributed by atoms with E-state index in [4.69, 9.17) is 0 Å². The Balaban J connectivity index is 0.00000169. The topological polar surface area (TPSA) is 56.9 Å². The summed E-state index contributed by atoms with van der Waals surface area (Å²) in [7, 11) is 0. The number of nitrogens with one attached hydrogen (secondary N) is 3. The number of amides is 1. The molecule has 2 atom stereocenters. The third-order valence-electron chi connectivity index (χ3n) is 5.85. The van der Waals surface area contributed by atoms with Crippen LogP contribution in [0.5, 0.6) is 0 Å². The Labute approximate surface area is 149 Å². The first-order chi connectivity index (χ1) is 11.3. The molecule has 0 unspecified atom stereocenters. The molecule has 1 aliphatic heterocycles. The van der Waals surface area contributed by atoms with E-state index in [1.54, 1.807) is 0 Å². The Bertz CT molecular complexity index is 713. The van der Waals surface area contributed by atoms with Gasteiger partial charge in [-0.05, 0) is 43.4 Å². The molecule has 4 rings (SSSR count). The van der Waals surface area contributed by atoms with Crippen molar-refractivity contribution in [3.8, 4) is 0 Å². The molecule has 1 aliphatic carbocycles. The lowest BCUT2D eigenvalue weighted by atomic mass is 9.67. The van der Waals surface area contributed by atoms with Crippen LogP contribution in [0.3, 0.4) is 0 Å². The smallest absolute Gasteiger partial charge is 0.227 e. The zero-order valence-electron chi connectivity index (χ0n) is 13.9. The second-order valence-corrected chi connectivity index (χ2v) is 7.10. The van der Waals surface area contributed by atoms with E-state index in [1.165, 1.54) is 35.7 Å². The number of benzene rings is 1. The maximum Gasteiger partial charge on any atom is 0.227 e. The molecule has 3 N–H and O–H groups in total. The van der Waals surface area contributed by atoms with Crippen LogP contribution in [0.25, 0.3) is 10.9 Å². The van der Waals surface area contributed by atoms with Gasteiger partial charge in [-0.2, -0.15) is 0 Å². The molecule has 4 nitrogen and oxygen atoms in total. The summed E-state index contributed by atoms with van der Waals surface area (Å²) in [5.74, 6) is 0.802. The van der Waals surface area contributed by atoms with Crippen molar-refractivity contribution in [2.75, 3.05) is 19.6 Å². The molecule has 2 fully saturated rings. The number of aromatic nitrogens is 1. The molecule has 0 bridgehead atoms. The summed E-state index contributed by atoms with van der Waals surface area (Å²) in [6, 6.07) is 8.33. The molecular formula is C19H26ClN3O. The van der Waals surface area contributed by atoms with E-state index in [1.807, 2.05) is 6.07 Å². The highest BCUT2D eigenvalue weighted by Crippen LogP contribution is 2.43. The number of carbonyl (C=O) groups is 1. The second-order valence-electron chi connectivity index (χ2n) is 7.10. The minimum Gasteiger partial charge on any atom is -0.361 e. The molecule has 24 heavy (non-hydrogen) atoms. The number of H-pyrrole nitrogens is 1. The first-order valence-electron chi connectivity index (χ1n) is 8.84. The third-order valence-corrected chi connectivity index (χ3v) is 5.85. The van der Waals surface area contributed by atoms with Gasteiger partial charge in [0.15, 0.2) is 0 Å². The van der Waals surface area contributed by atoms with Crippen molar-refractivity contribution >= 4 is 29.2 Å². The number of halogens is 1. The summed E-state index contributed by atoms with van der Waals surface area (Å²) in [6.07, 6.45) is 7.65. The number of carbonyl (C=O) groups excluding carboxylic acids is 1. The van der Waals surface area contributed by atoms with Gasteiger partial charge in [0.05, 0.1) is 5.41 Å². The number of fused-ring (bicyclic) bond motifs is 2. The number of aromatic amines is 1. The second kappa shape index (κ2) is 7.16. The van der Waals surface area contributed by atoms with Crippen LogP contribution in [-0.2, 0) is 11.2 Å². The molecule has 1 aromatic carbocycles. The van der Waals surface area contributed by atoms with Crippen LogP contribution in [0.1, 0.15) is 31.2 Å². The van der Waals surface area contributed by atoms with E-state index in [2.05, 4.69) is 40.0 Å². The average Bonchev–Trinajstić information content (AvgIpc) is 3.20.